The highest BCUT2D eigenvalue weighted by molar-refractivity contribution is 8.18. The van der Waals surface area contributed by atoms with E-state index < -0.39 is 19.9 Å². The SMILES string of the molecule is CCCCCC1CCC(c2ccc(C3(OS(=O)(=O)C(F)(F)F)SCCCS3)cc2)CC1. The van der Waals surface area contributed by atoms with Crippen LogP contribution in [0.3, 0.4) is 0 Å². The average molecular weight is 497 g/mol. The lowest BCUT2D eigenvalue weighted by Crippen LogP contribution is -2.35. The minimum Gasteiger partial charge on any atom is -0.229 e. The van der Waals surface area contributed by atoms with E-state index in [0.717, 1.165) is 48.7 Å². The molecule has 1 aliphatic heterocycles. The second-order valence-corrected chi connectivity index (χ2v) is 12.8. The zero-order valence-corrected chi connectivity index (χ0v) is 20.3. The van der Waals surface area contributed by atoms with Crippen molar-refractivity contribution >= 4 is 33.6 Å². The Kier molecular flexibility index (Phi) is 8.71. The predicted octanol–water partition coefficient (Wildman–Crippen LogP) is 7.39. The highest BCUT2D eigenvalue weighted by atomic mass is 32.2. The Labute approximate surface area is 192 Å². The number of hydrogen-bond donors (Lipinski definition) is 0. The molecule has 3 nitrogen and oxygen atoms in total. The number of alkyl halides is 3. The molecule has 0 N–H and O–H groups in total. The van der Waals surface area contributed by atoms with E-state index in [2.05, 4.69) is 6.92 Å². The minimum absolute atomic E-state index is 0.457. The Bertz CT molecular complexity index is 796. The van der Waals surface area contributed by atoms with Gasteiger partial charge in [0.1, 0.15) is 0 Å². The van der Waals surface area contributed by atoms with Crippen LogP contribution in [0.15, 0.2) is 24.3 Å². The average Bonchev–Trinajstić information content (AvgIpc) is 2.74. The summed E-state index contributed by atoms with van der Waals surface area (Å²) in [6, 6.07) is 7.39. The lowest BCUT2D eigenvalue weighted by molar-refractivity contribution is -0.0560. The van der Waals surface area contributed by atoms with Gasteiger partial charge in [0.2, 0.25) is 4.27 Å². The molecule has 176 valence electrons. The molecule has 0 bridgehead atoms. The zero-order chi connectivity index (χ0) is 22.5. The van der Waals surface area contributed by atoms with E-state index in [4.69, 9.17) is 4.18 Å². The van der Waals surface area contributed by atoms with E-state index in [1.165, 1.54) is 44.1 Å². The highest BCUT2D eigenvalue weighted by Gasteiger charge is 2.53. The van der Waals surface area contributed by atoms with E-state index in [0.29, 0.717) is 23.0 Å². The van der Waals surface area contributed by atoms with Gasteiger partial charge in [0.25, 0.3) is 0 Å². The smallest absolute Gasteiger partial charge is 0.229 e. The highest BCUT2D eigenvalue weighted by Crippen LogP contribution is 2.53. The van der Waals surface area contributed by atoms with Crippen LogP contribution in [0.25, 0.3) is 0 Å². The molecule has 0 unspecified atom stereocenters. The molecule has 0 atom stereocenters. The first-order valence-electron chi connectivity index (χ1n) is 11.1. The van der Waals surface area contributed by atoms with Crippen LogP contribution in [-0.2, 0) is 18.6 Å². The maximum Gasteiger partial charge on any atom is 0.523 e. The summed E-state index contributed by atoms with van der Waals surface area (Å²) in [4.78, 5) is 0. The van der Waals surface area contributed by atoms with E-state index in [1.807, 2.05) is 12.1 Å². The Balaban J connectivity index is 1.70. The summed E-state index contributed by atoms with van der Waals surface area (Å²) < 4.78 is 65.7. The third-order valence-corrected chi connectivity index (χ3v) is 10.5. The largest absolute Gasteiger partial charge is 0.523 e. The molecular weight excluding hydrogens is 465 g/mol. The van der Waals surface area contributed by atoms with Crippen LogP contribution in [0.2, 0.25) is 0 Å². The van der Waals surface area contributed by atoms with Crippen molar-refractivity contribution in [1.82, 2.24) is 0 Å². The first kappa shape index (κ1) is 25.2. The molecule has 0 amide bonds. The number of unbranched alkanes of at least 4 members (excludes halogenated alkanes) is 2. The summed E-state index contributed by atoms with van der Waals surface area (Å²) in [6.07, 6.45) is 10.6. The second kappa shape index (κ2) is 10.7. The summed E-state index contributed by atoms with van der Waals surface area (Å²) >= 11 is 2.24. The Morgan fingerprint density at radius 3 is 2.19 bits per heavy atom. The molecule has 0 spiro atoms. The first-order chi connectivity index (χ1) is 14.7. The number of halogens is 3. The lowest BCUT2D eigenvalue weighted by Gasteiger charge is -2.35. The number of benzene rings is 1. The number of thioether (sulfide) groups is 2. The van der Waals surface area contributed by atoms with Crippen molar-refractivity contribution in [2.75, 3.05) is 11.5 Å². The van der Waals surface area contributed by atoms with Gasteiger partial charge in [0, 0.05) is 5.56 Å². The molecule has 0 aromatic heterocycles. The summed E-state index contributed by atoms with van der Waals surface area (Å²) in [5.41, 5.74) is -3.80. The van der Waals surface area contributed by atoms with Crippen molar-refractivity contribution in [2.24, 2.45) is 5.92 Å². The maximum absolute atomic E-state index is 13.0. The quantitative estimate of drug-likeness (QED) is 0.213. The van der Waals surface area contributed by atoms with Crippen molar-refractivity contribution in [3.05, 3.63) is 35.4 Å². The van der Waals surface area contributed by atoms with Crippen LogP contribution in [0.4, 0.5) is 13.2 Å². The Hall–Kier alpha value is -0.380. The van der Waals surface area contributed by atoms with Gasteiger partial charge in [0.05, 0.1) is 0 Å². The van der Waals surface area contributed by atoms with Crippen LogP contribution in [0, 0.1) is 5.92 Å². The van der Waals surface area contributed by atoms with Gasteiger partial charge < -0.3 is 0 Å². The van der Waals surface area contributed by atoms with Crippen LogP contribution < -0.4 is 0 Å². The number of hydrogen-bond acceptors (Lipinski definition) is 5. The molecular formula is C22H31F3O3S3. The minimum atomic E-state index is -5.69. The predicted molar refractivity (Wildman–Crippen MR) is 123 cm³/mol. The van der Waals surface area contributed by atoms with Crippen LogP contribution in [0.1, 0.15) is 81.8 Å². The van der Waals surface area contributed by atoms with Gasteiger partial charge in [0.15, 0.2) is 0 Å². The van der Waals surface area contributed by atoms with E-state index in [-0.39, 0.29) is 0 Å². The first-order valence-corrected chi connectivity index (χ1v) is 14.4. The van der Waals surface area contributed by atoms with Gasteiger partial charge in [-0.15, -0.1) is 23.5 Å². The normalized spacial score (nSPS) is 24.8. The van der Waals surface area contributed by atoms with E-state index in [1.54, 1.807) is 12.1 Å². The molecule has 0 radical (unpaired) electrons. The maximum atomic E-state index is 13.0. The topological polar surface area (TPSA) is 43.4 Å². The van der Waals surface area contributed by atoms with Gasteiger partial charge >= 0.3 is 15.6 Å². The molecule has 1 saturated heterocycles. The van der Waals surface area contributed by atoms with Crippen LogP contribution in [0.5, 0.6) is 0 Å². The van der Waals surface area contributed by atoms with E-state index >= 15 is 0 Å². The molecule has 31 heavy (non-hydrogen) atoms. The molecule has 1 aromatic carbocycles. The molecule has 9 heteroatoms. The molecule has 2 fully saturated rings. The summed E-state index contributed by atoms with van der Waals surface area (Å²) in [6.45, 7) is 2.22. The Morgan fingerprint density at radius 1 is 1.03 bits per heavy atom. The van der Waals surface area contributed by atoms with Gasteiger partial charge in [-0.05, 0) is 61.0 Å². The fourth-order valence-corrected chi connectivity index (χ4v) is 8.53. The molecule has 1 saturated carbocycles. The van der Waals surface area contributed by atoms with Crippen LogP contribution >= 0.6 is 23.5 Å². The molecule has 1 aliphatic carbocycles. The molecule has 1 aromatic rings. The fourth-order valence-electron chi connectivity index (χ4n) is 4.40. The van der Waals surface area contributed by atoms with Crippen molar-refractivity contribution in [2.45, 2.75) is 80.4 Å². The third-order valence-electron chi connectivity index (χ3n) is 6.17. The standard InChI is InChI=1S/C22H31F3O3S3/c1-2-3-4-6-17-7-9-18(10-8-17)19-11-13-20(14-12-19)21(29-15-5-16-30-21)28-31(26,27)22(23,24)25/h11-14,17-18H,2-10,15-16H2,1H3. The van der Waals surface area contributed by atoms with Gasteiger partial charge in [-0.3, -0.25) is 0 Å². The monoisotopic (exact) mass is 496 g/mol. The third kappa shape index (κ3) is 6.36. The van der Waals surface area contributed by atoms with Gasteiger partial charge in [-0.1, -0.05) is 56.9 Å². The second-order valence-electron chi connectivity index (χ2n) is 8.43. The Morgan fingerprint density at radius 2 is 1.65 bits per heavy atom. The van der Waals surface area contributed by atoms with Crippen molar-refractivity contribution in [1.29, 1.82) is 0 Å². The van der Waals surface area contributed by atoms with Crippen LogP contribution in [-0.4, -0.2) is 25.4 Å². The molecule has 3 rings (SSSR count). The summed E-state index contributed by atoms with van der Waals surface area (Å²) in [7, 11) is -5.69. The fraction of sp³-hybridized carbons (Fsp3) is 0.727. The molecule has 2 aliphatic rings. The lowest BCUT2D eigenvalue weighted by atomic mass is 9.77. The van der Waals surface area contributed by atoms with Crippen molar-refractivity contribution < 1.29 is 25.8 Å². The van der Waals surface area contributed by atoms with Gasteiger partial charge in [-0.2, -0.15) is 21.6 Å². The zero-order valence-electron chi connectivity index (χ0n) is 17.8. The van der Waals surface area contributed by atoms with E-state index in [9.17, 15) is 21.6 Å². The van der Waals surface area contributed by atoms with Gasteiger partial charge in [-0.25, -0.2) is 4.18 Å². The number of rotatable bonds is 8. The molecule has 1 heterocycles. The summed E-state index contributed by atoms with van der Waals surface area (Å²) in [5, 5.41) is 0. The van der Waals surface area contributed by atoms with Crippen molar-refractivity contribution in [3.8, 4) is 0 Å². The van der Waals surface area contributed by atoms with Crippen molar-refractivity contribution in [3.63, 3.8) is 0 Å². The summed E-state index contributed by atoms with van der Waals surface area (Å²) in [5.74, 6) is 2.36.